The molecule has 1 amide bonds. The minimum Gasteiger partial charge on any atom is -0.338 e. The van der Waals surface area contributed by atoms with Gasteiger partial charge >= 0.3 is 0 Å². The van der Waals surface area contributed by atoms with E-state index in [2.05, 4.69) is 13.8 Å². The number of unbranched alkanes of at least 4 members (excludes halogenated alkanes) is 2. The second-order valence-electron chi connectivity index (χ2n) is 5.24. The lowest BCUT2D eigenvalue weighted by Crippen LogP contribution is -2.35. The predicted octanol–water partition coefficient (Wildman–Crippen LogP) is 2.36. The van der Waals surface area contributed by atoms with Gasteiger partial charge in [0, 0.05) is 25.9 Å². The van der Waals surface area contributed by atoms with Crippen LogP contribution in [0.4, 0.5) is 0 Å². The number of Topliss-reactive ketones (excluding diaryl/α,β-unsaturated/α-hetero) is 1. The number of hydrogen-bond donors (Lipinski definition) is 1. The second kappa shape index (κ2) is 11.0. The van der Waals surface area contributed by atoms with Crippen molar-refractivity contribution in [2.45, 2.75) is 58.8 Å². The molecule has 0 aromatic carbocycles. The Morgan fingerprint density at radius 2 is 1.63 bits per heavy atom. The van der Waals surface area contributed by atoms with Gasteiger partial charge in [-0.2, -0.15) is 0 Å². The first-order valence-electron chi connectivity index (χ1n) is 7.53. The minimum absolute atomic E-state index is 0.0411. The van der Waals surface area contributed by atoms with Crippen LogP contribution in [0.25, 0.3) is 0 Å². The van der Waals surface area contributed by atoms with Crippen LogP contribution in [0.3, 0.4) is 0 Å². The Morgan fingerprint density at radius 1 is 1.11 bits per heavy atom. The summed E-state index contributed by atoms with van der Waals surface area (Å²) in [5, 5.41) is 0. The molecule has 2 N–H and O–H groups in total. The van der Waals surface area contributed by atoms with Gasteiger partial charge in [0.15, 0.2) is 5.78 Å². The number of likely N-dealkylation sites (N-methyl/N-ethyl adjacent to an activating group) is 1. The average molecular weight is 270 g/mol. The highest BCUT2D eigenvalue weighted by Crippen LogP contribution is 2.17. The topological polar surface area (TPSA) is 63.4 Å². The molecule has 0 radical (unpaired) electrons. The van der Waals surface area contributed by atoms with Crippen LogP contribution in [0.15, 0.2) is 0 Å². The van der Waals surface area contributed by atoms with Crippen molar-refractivity contribution in [3.8, 4) is 0 Å². The van der Waals surface area contributed by atoms with Crippen LogP contribution in [0, 0.1) is 5.92 Å². The Labute approximate surface area is 117 Å². The molecule has 4 nitrogen and oxygen atoms in total. The number of carbonyl (C=O) groups excluding carboxylic acids is 2. The monoisotopic (exact) mass is 270 g/mol. The smallest absolute Gasteiger partial charge is 0.223 e. The van der Waals surface area contributed by atoms with Crippen LogP contribution in [0.5, 0.6) is 0 Å². The van der Waals surface area contributed by atoms with Crippen LogP contribution < -0.4 is 5.73 Å². The maximum atomic E-state index is 12.2. The Morgan fingerprint density at radius 3 is 2.05 bits per heavy atom. The third-order valence-electron chi connectivity index (χ3n) is 3.44. The molecule has 0 spiro atoms. The van der Waals surface area contributed by atoms with Gasteiger partial charge in [-0.25, -0.2) is 0 Å². The Bertz CT molecular complexity index is 259. The highest BCUT2D eigenvalue weighted by atomic mass is 16.2. The van der Waals surface area contributed by atoms with Crippen molar-refractivity contribution in [1.29, 1.82) is 0 Å². The van der Waals surface area contributed by atoms with E-state index in [9.17, 15) is 9.59 Å². The van der Waals surface area contributed by atoms with Crippen LogP contribution in [-0.2, 0) is 9.59 Å². The lowest BCUT2D eigenvalue weighted by molar-refractivity contribution is -0.135. The fourth-order valence-corrected chi connectivity index (χ4v) is 2.13. The van der Waals surface area contributed by atoms with E-state index >= 15 is 0 Å². The molecular formula is C15H30N2O2. The summed E-state index contributed by atoms with van der Waals surface area (Å²) in [7, 11) is 1.69. The first-order chi connectivity index (χ1) is 9.06. The van der Waals surface area contributed by atoms with Gasteiger partial charge < -0.3 is 10.6 Å². The van der Waals surface area contributed by atoms with Crippen molar-refractivity contribution in [2.24, 2.45) is 11.7 Å². The average Bonchev–Trinajstić information content (AvgIpc) is 2.38. The number of nitrogens with two attached hydrogens (primary N) is 1. The SMILES string of the molecule is CCCCC(CCCC)C(=O)CN(C)C(=O)CCN. The summed E-state index contributed by atoms with van der Waals surface area (Å²) in [5.74, 6) is 0.281. The lowest BCUT2D eigenvalue weighted by Gasteiger charge is -2.20. The quantitative estimate of drug-likeness (QED) is 0.627. The molecule has 0 aromatic heterocycles. The molecule has 19 heavy (non-hydrogen) atoms. The summed E-state index contributed by atoms with van der Waals surface area (Å²) in [4.78, 5) is 25.4. The van der Waals surface area contributed by atoms with Gasteiger partial charge in [0.25, 0.3) is 0 Å². The number of ketones is 1. The Hall–Kier alpha value is -0.900. The summed E-state index contributed by atoms with van der Waals surface area (Å²) >= 11 is 0. The molecule has 0 saturated heterocycles. The minimum atomic E-state index is -0.0411. The van der Waals surface area contributed by atoms with E-state index in [-0.39, 0.29) is 24.2 Å². The number of rotatable bonds is 11. The van der Waals surface area contributed by atoms with Gasteiger partial charge in [0.2, 0.25) is 5.91 Å². The van der Waals surface area contributed by atoms with Gasteiger partial charge in [0.1, 0.15) is 0 Å². The van der Waals surface area contributed by atoms with Crippen LogP contribution >= 0.6 is 0 Å². The van der Waals surface area contributed by atoms with Crippen molar-refractivity contribution in [1.82, 2.24) is 4.90 Å². The van der Waals surface area contributed by atoms with E-state index in [1.54, 1.807) is 7.05 Å². The van der Waals surface area contributed by atoms with E-state index < -0.39 is 0 Å². The van der Waals surface area contributed by atoms with E-state index in [1.807, 2.05) is 0 Å². The molecule has 0 aliphatic heterocycles. The van der Waals surface area contributed by atoms with Crippen molar-refractivity contribution in [2.75, 3.05) is 20.1 Å². The molecule has 0 heterocycles. The Kier molecular flexibility index (Phi) is 10.5. The number of carbonyl (C=O) groups is 2. The summed E-state index contributed by atoms with van der Waals surface area (Å²) in [5.41, 5.74) is 5.36. The standard InChI is InChI=1S/C15H30N2O2/c1-4-6-8-13(9-7-5-2)14(18)12-17(3)15(19)10-11-16/h13H,4-12,16H2,1-3H3. The highest BCUT2D eigenvalue weighted by molar-refractivity contribution is 5.87. The van der Waals surface area contributed by atoms with Gasteiger partial charge in [-0.1, -0.05) is 39.5 Å². The third kappa shape index (κ3) is 7.98. The van der Waals surface area contributed by atoms with Gasteiger partial charge in [0.05, 0.1) is 6.54 Å². The van der Waals surface area contributed by atoms with Crippen molar-refractivity contribution in [3.05, 3.63) is 0 Å². The Balaban J connectivity index is 4.31. The largest absolute Gasteiger partial charge is 0.338 e. The molecule has 0 rings (SSSR count). The van der Waals surface area contributed by atoms with Crippen molar-refractivity contribution in [3.63, 3.8) is 0 Å². The fraction of sp³-hybridized carbons (Fsp3) is 0.867. The first kappa shape index (κ1) is 18.1. The van der Waals surface area contributed by atoms with E-state index in [1.165, 1.54) is 4.90 Å². The summed E-state index contributed by atoms with van der Waals surface area (Å²) in [6.07, 6.45) is 6.61. The number of hydrogen-bond acceptors (Lipinski definition) is 3. The van der Waals surface area contributed by atoms with E-state index in [0.29, 0.717) is 13.0 Å². The van der Waals surface area contributed by atoms with Gasteiger partial charge in [-0.05, 0) is 12.8 Å². The molecule has 0 aliphatic carbocycles. The molecule has 0 saturated carbocycles. The zero-order valence-electron chi connectivity index (χ0n) is 12.8. The third-order valence-corrected chi connectivity index (χ3v) is 3.44. The summed E-state index contributed by atoms with van der Waals surface area (Å²) in [6.45, 7) is 4.85. The molecule has 0 aromatic rings. The normalized spacial score (nSPS) is 10.8. The zero-order valence-corrected chi connectivity index (χ0v) is 12.8. The lowest BCUT2D eigenvalue weighted by atomic mass is 9.91. The maximum absolute atomic E-state index is 12.2. The molecule has 0 atom stereocenters. The molecule has 0 aliphatic rings. The highest BCUT2D eigenvalue weighted by Gasteiger charge is 2.20. The van der Waals surface area contributed by atoms with E-state index in [4.69, 9.17) is 5.73 Å². The maximum Gasteiger partial charge on any atom is 0.223 e. The predicted molar refractivity (Wildman–Crippen MR) is 78.9 cm³/mol. The molecule has 0 fully saturated rings. The number of amides is 1. The fourth-order valence-electron chi connectivity index (χ4n) is 2.13. The van der Waals surface area contributed by atoms with Crippen LogP contribution in [0.1, 0.15) is 58.8 Å². The summed E-state index contributed by atoms with van der Waals surface area (Å²) < 4.78 is 0. The van der Waals surface area contributed by atoms with E-state index in [0.717, 1.165) is 38.5 Å². The zero-order chi connectivity index (χ0) is 14.7. The van der Waals surface area contributed by atoms with Gasteiger partial charge in [-0.3, -0.25) is 9.59 Å². The van der Waals surface area contributed by atoms with Crippen LogP contribution in [0.2, 0.25) is 0 Å². The number of nitrogens with zero attached hydrogens (tertiary/aromatic N) is 1. The molecule has 4 heteroatoms. The molecule has 112 valence electrons. The van der Waals surface area contributed by atoms with Crippen molar-refractivity contribution < 1.29 is 9.59 Å². The molecular weight excluding hydrogens is 240 g/mol. The molecule has 0 bridgehead atoms. The summed E-state index contributed by atoms with van der Waals surface area (Å²) in [6, 6.07) is 0. The van der Waals surface area contributed by atoms with Crippen molar-refractivity contribution >= 4 is 11.7 Å². The van der Waals surface area contributed by atoms with Crippen LogP contribution in [-0.4, -0.2) is 36.7 Å². The second-order valence-corrected chi connectivity index (χ2v) is 5.24. The first-order valence-corrected chi connectivity index (χ1v) is 7.53. The molecule has 0 unspecified atom stereocenters. The van der Waals surface area contributed by atoms with Gasteiger partial charge in [-0.15, -0.1) is 0 Å².